The fourth-order valence-electron chi connectivity index (χ4n) is 1.96. The molecule has 1 heterocycles. The fraction of sp³-hybridized carbons (Fsp3) is 0.200. The second-order valence-corrected chi connectivity index (χ2v) is 4.64. The molecule has 3 nitrogen and oxygen atoms in total. The molecule has 0 fully saturated rings. The summed E-state index contributed by atoms with van der Waals surface area (Å²) in [6, 6.07) is 7.00. The third-order valence-electron chi connectivity index (χ3n) is 2.92. The maximum Gasteiger partial charge on any atom is 0.573 e. The number of alkyl halides is 6. The van der Waals surface area contributed by atoms with Gasteiger partial charge in [0.2, 0.25) is 0 Å². The van der Waals surface area contributed by atoms with Gasteiger partial charge in [-0.1, -0.05) is 0 Å². The molecule has 0 bridgehead atoms. The van der Waals surface area contributed by atoms with Crippen LogP contribution in [0.1, 0.15) is 11.1 Å². The zero-order chi connectivity index (χ0) is 18.0. The van der Waals surface area contributed by atoms with Crippen LogP contribution < -0.4 is 4.74 Å². The molecule has 0 amide bonds. The number of pyridine rings is 1. The van der Waals surface area contributed by atoms with Gasteiger partial charge in [0, 0.05) is 11.8 Å². The fourth-order valence-corrected chi connectivity index (χ4v) is 1.96. The summed E-state index contributed by atoms with van der Waals surface area (Å²) in [5.41, 5.74) is -0.628. The van der Waals surface area contributed by atoms with Crippen molar-refractivity contribution in [3.8, 4) is 23.1 Å². The predicted octanol–water partition coefficient (Wildman–Crippen LogP) is 4.73. The molecule has 1 aromatic heterocycles. The average Bonchev–Trinajstić information content (AvgIpc) is 2.46. The van der Waals surface area contributed by atoms with E-state index >= 15 is 0 Å². The maximum atomic E-state index is 12.7. The van der Waals surface area contributed by atoms with Gasteiger partial charge in [0.05, 0.1) is 23.7 Å². The van der Waals surface area contributed by atoms with Crippen molar-refractivity contribution in [1.29, 1.82) is 5.26 Å². The number of hydrogen-bond acceptors (Lipinski definition) is 3. The van der Waals surface area contributed by atoms with Crippen LogP contribution in [-0.2, 0) is 12.6 Å². The van der Waals surface area contributed by atoms with E-state index < -0.39 is 23.9 Å². The molecule has 24 heavy (non-hydrogen) atoms. The molecule has 0 aliphatic heterocycles. The highest BCUT2D eigenvalue weighted by molar-refractivity contribution is 5.64. The quantitative estimate of drug-likeness (QED) is 0.755. The van der Waals surface area contributed by atoms with Crippen LogP contribution in [-0.4, -0.2) is 11.3 Å². The molecule has 1 aromatic carbocycles. The predicted molar refractivity (Wildman–Crippen MR) is 70.7 cm³/mol. The lowest BCUT2D eigenvalue weighted by molar-refractivity contribution is -0.274. The van der Waals surface area contributed by atoms with Crippen molar-refractivity contribution < 1.29 is 31.1 Å². The van der Waals surface area contributed by atoms with Gasteiger partial charge in [-0.25, -0.2) is 0 Å². The Labute approximate surface area is 132 Å². The minimum Gasteiger partial charge on any atom is -0.406 e. The molecule has 0 aliphatic carbocycles. The smallest absolute Gasteiger partial charge is 0.406 e. The first-order valence-corrected chi connectivity index (χ1v) is 6.39. The number of hydrogen-bond donors (Lipinski definition) is 0. The lowest BCUT2D eigenvalue weighted by Crippen LogP contribution is -2.16. The molecule has 0 atom stereocenters. The van der Waals surface area contributed by atoms with E-state index in [1.54, 1.807) is 6.07 Å². The molecule has 0 N–H and O–H groups in total. The van der Waals surface area contributed by atoms with E-state index in [4.69, 9.17) is 5.26 Å². The molecule has 2 aromatic rings. The molecule has 126 valence electrons. The summed E-state index contributed by atoms with van der Waals surface area (Å²) >= 11 is 0. The van der Waals surface area contributed by atoms with Gasteiger partial charge in [-0.15, -0.1) is 13.2 Å². The molecule has 9 heteroatoms. The number of nitriles is 1. The number of rotatable bonds is 3. The van der Waals surface area contributed by atoms with Crippen molar-refractivity contribution in [3.05, 3.63) is 47.7 Å². The van der Waals surface area contributed by atoms with Gasteiger partial charge < -0.3 is 4.74 Å². The van der Waals surface area contributed by atoms with Gasteiger partial charge >= 0.3 is 12.5 Å². The van der Waals surface area contributed by atoms with Crippen LogP contribution in [0.3, 0.4) is 0 Å². The summed E-state index contributed by atoms with van der Waals surface area (Å²) < 4.78 is 78.2. The third kappa shape index (κ3) is 4.38. The summed E-state index contributed by atoms with van der Waals surface area (Å²) in [6.07, 6.45) is -9.18. The number of benzene rings is 1. The maximum absolute atomic E-state index is 12.7. The van der Waals surface area contributed by atoms with Crippen molar-refractivity contribution in [2.45, 2.75) is 19.0 Å². The van der Waals surface area contributed by atoms with Gasteiger partial charge in [0.1, 0.15) is 5.75 Å². The molecular formula is C15H8F6N2O. The average molecular weight is 346 g/mol. The van der Waals surface area contributed by atoms with Crippen molar-refractivity contribution in [3.63, 3.8) is 0 Å². The van der Waals surface area contributed by atoms with E-state index in [1.165, 1.54) is 12.1 Å². The van der Waals surface area contributed by atoms with Crippen LogP contribution in [0.2, 0.25) is 0 Å². The van der Waals surface area contributed by atoms with Crippen LogP contribution in [0.5, 0.6) is 5.75 Å². The number of halogens is 6. The molecule has 0 saturated heterocycles. The van der Waals surface area contributed by atoms with Crippen LogP contribution in [0.4, 0.5) is 26.3 Å². The Morgan fingerprint density at radius 1 is 1.04 bits per heavy atom. The van der Waals surface area contributed by atoms with Crippen molar-refractivity contribution >= 4 is 0 Å². The SMILES string of the molecule is N#CCc1cc(C(F)(F)F)cnc1-c1ccc(OC(F)(F)F)cc1. The first-order chi connectivity index (χ1) is 11.1. The van der Waals surface area contributed by atoms with Crippen molar-refractivity contribution in [2.24, 2.45) is 0 Å². The van der Waals surface area contributed by atoms with Crippen LogP contribution in [0, 0.1) is 11.3 Å². The standard InChI is InChI=1S/C15H8F6N2O/c16-14(17,18)11-7-10(5-6-22)13(23-8-11)9-1-3-12(4-2-9)24-15(19,20)21/h1-4,7-8H,5H2. The molecular weight excluding hydrogens is 338 g/mol. The summed E-state index contributed by atoms with van der Waals surface area (Å²) in [4.78, 5) is 3.70. The first kappa shape index (κ1) is 17.6. The number of aromatic nitrogens is 1. The lowest BCUT2D eigenvalue weighted by atomic mass is 10.0. The molecule has 0 radical (unpaired) electrons. The summed E-state index contributed by atoms with van der Waals surface area (Å²) in [5, 5.41) is 8.75. The van der Waals surface area contributed by atoms with Crippen molar-refractivity contribution in [1.82, 2.24) is 4.98 Å². The third-order valence-corrected chi connectivity index (χ3v) is 2.92. The first-order valence-electron chi connectivity index (χ1n) is 6.39. The Kier molecular flexibility index (Phi) is 4.68. The van der Waals surface area contributed by atoms with E-state index in [-0.39, 0.29) is 23.2 Å². The largest absolute Gasteiger partial charge is 0.573 e. The zero-order valence-corrected chi connectivity index (χ0v) is 11.7. The number of nitrogens with zero attached hydrogens (tertiary/aromatic N) is 2. The van der Waals surface area contributed by atoms with Crippen molar-refractivity contribution in [2.75, 3.05) is 0 Å². The van der Waals surface area contributed by atoms with E-state index in [0.29, 0.717) is 6.20 Å². The second kappa shape index (κ2) is 6.39. The Balaban J connectivity index is 2.39. The Morgan fingerprint density at radius 3 is 2.17 bits per heavy atom. The Bertz CT molecular complexity index is 760. The van der Waals surface area contributed by atoms with Crippen LogP contribution in [0.15, 0.2) is 36.5 Å². The van der Waals surface area contributed by atoms with Gasteiger partial charge in [-0.2, -0.15) is 18.4 Å². The van der Waals surface area contributed by atoms with Gasteiger partial charge in [-0.05, 0) is 35.9 Å². The summed E-state index contributed by atoms with van der Waals surface area (Å²) in [5.74, 6) is -0.472. The van der Waals surface area contributed by atoms with E-state index in [2.05, 4.69) is 9.72 Å². The van der Waals surface area contributed by atoms with Gasteiger partial charge in [-0.3, -0.25) is 4.98 Å². The molecule has 2 rings (SSSR count). The minimum absolute atomic E-state index is 0.0248. The highest BCUT2D eigenvalue weighted by atomic mass is 19.4. The van der Waals surface area contributed by atoms with E-state index in [0.717, 1.165) is 18.2 Å². The van der Waals surface area contributed by atoms with Crippen LogP contribution >= 0.6 is 0 Å². The number of ether oxygens (including phenoxy) is 1. The van der Waals surface area contributed by atoms with Gasteiger partial charge in [0.15, 0.2) is 0 Å². The molecule has 0 aliphatic rings. The molecule has 0 spiro atoms. The molecule has 0 unspecified atom stereocenters. The zero-order valence-electron chi connectivity index (χ0n) is 11.7. The highest BCUT2D eigenvalue weighted by Gasteiger charge is 2.32. The Morgan fingerprint density at radius 2 is 1.67 bits per heavy atom. The van der Waals surface area contributed by atoms with E-state index in [9.17, 15) is 26.3 Å². The molecule has 0 saturated carbocycles. The summed E-state index contributed by atoms with van der Waals surface area (Å²) in [6.45, 7) is 0. The monoisotopic (exact) mass is 346 g/mol. The topological polar surface area (TPSA) is 45.9 Å². The minimum atomic E-state index is -4.85. The van der Waals surface area contributed by atoms with Crippen LogP contribution in [0.25, 0.3) is 11.3 Å². The highest BCUT2D eigenvalue weighted by Crippen LogP contribution is 2.33. The lowest BCUT2D eigenvalue weighted by Gasteiger charge is -2.12. The Hall–Kier alpha value is -2.76. The normalized spacial score (nSPS) is 11.9. The second-order valence-electron chi connectivity index (χ2n) is 4.64. The summed E-state index contributed by atoms with van der Waals surface area (Å²) in [7, 11) is 0. The van der Waals surface area contributed by atoms with E-state index in [1.807, 2.05) is 0 Å². The van der Waals surface area contributed by atoms with Gasteiger partial charge in [0.25, 0.3) is 0 Å².